The van der Waals surface area contributed by atoms with E-state index in [1.54, 1.807) is 0 Å². The first-order valence-electron chi connectivity index (χ1n) is 7.32. The summed E-state index contributed by atoms with van der Waals surface area (Å²) in [6.45, 7) is 4.16. The molecule has 4 rings (SSSR count). The number of carbonyl (C=O) groups is 1. The van der Waals surface area contributed by atoms with E-state index in [4.69, 9.17) is 4.74 Å². The molecule has 2 unspecified atom stereocenters. The van der Waals surface area contributed by atoms with Crippen LogP contribution < -0.4 is 10.1 Å². The normalized spacial score (nSPS) is 28.3. The summed E-state index contributed by atoms with van der Waals surface area (Å²) in [5.74, 6) is 0.975. The van der Waals surface area contributed by atoms with Crippen molar-refractivity contribution in [2.75, 3.05) is 32.7 Å². The molecule has 5 heteroatoms. The zero-order valence-electron chi connectivity index (χ0n) is 11.4. The van der Waals surface area contributed by atoms with Gasteiger partial charge in [0.05, 0.1) is 12.6 Å². The second-order valence-corrected chi connectivity index (χ2v) is 5.79. The third-order valence-corrected chi connectivity index (χ3v) is 4.44. The fraction of sp³-hybridized carbons (Fsp3) is 0.533. The zero-order valence-corrected chi connectivity index (χ0v) is 11.4. The van der Waals surface area contributed by atoms with Crippen molar-refractivity contribution in [2.24, 2.45) is 0 Å². The molecule has 0 bridgehead atoms. The molecule has 2 amide bonds. The standard InChI is InChI=1S/C15H19N3O2/c19-15-17(9-12-8-16-5-6-18(12)15)10-13-7-11-3-1-2-4-14(11)20-13/h1-4,12-13,16H,5-10H2. The van der Waals surface area contributed by atoms with Crippen LogP contribution in [0.5, 0.6) is 5.75 Å². The third-order valence-electron chi connectivity index (χ3n) is 4.44. The first-order chi connectivity index (χ1) is 9.81. The zero-order chi connectivity index (χ0) is 13.5. The van der Waals surface area contributed by atoms with Gasteiger partial charge in [-0.15, -0.1) is 0 Å². The predicted molar refractivity (Wildman–Crippen MR) is 74.9 cm³/mol. The molecule has 2 fully saturated rings. The summed E-state index contributed by atoms with van der Waals surface area (Å²) >= 11 is 0. The number of nitrogens with zero attached hydrogens (tertiary/aromatic N) is 2. The van der Waals surface area contributed by atoms with E-state index in [0.717, 1.165) is 38.3 Å². The summed E-state index contributed by atoms with van der Waals surface area (Å²) in [5, 5.41) is 3.35. The van der Waals surface area contributed by atoms with Gasteiger partial charge in [0.2, 0.25) is 0 Å². The highest BCUT2D eigenvalue weighted by Crippen LogP contribution is 2.29. The van der Waals surface area contributed by atoms with Crippen LogP contribution in [0, 0.1) is 0 Å². The maximum atomic E-state index is 12.4. The Labute approximate surface area is 118 Å². The highest BCUT2D eigenvalue weighted by molar-refractivity contribution is 5.77. The molecule has 3 aliphatic heterocycles. The van der Waals surface area contributed by atoms with Crippen molar-refractivity contribution >= 4 is 6.03 Å². The van der Waals surface area contributed by atoms with E-state index in [2.05, 4.69) is 11.4 Å². The molecule has 2 atom stereocenters. The van der Waals surface area contributed by atoms with Crippen molar-refractivity contribution in [3.8, 4) is 5.75 Å². The van der Waals surface area contributed by atoms with Gasteiger partial charge in [-0.3, -0.25) is 0 Å². The predicted octanol–water partition coefficient (Wildman–Crippen LogP) is 0.699. The fourth-order valence-electron chi connectivity index (χ4n) is 3.44. The van der Waals surface area contributed by atoms with E-state index in [9.17, 15) is 4.79 Å². The topological polar surface area (TPSA) is 44.8 Å². The van der Waals surface area contributed by atoms with E-state index in [1.807, 2.05) is 28.0 Å². The Hall–Kier alpha value is -1.75. The summed E-state index contributed by atoms with van der Waals surface area (Å²) in [4.78, 5) is 16.3. The number of hydrogen-bond donors (Lipinski definition) is 1. The monoisotopic (exact) mass is 273 g/mol. The molecule has 1 aromatic carbocycles. The minimum atomic E-state index is 0.102. The lowest BCUT2D eigenvalue weighted by Crippen LogP contribution is -2.50. The number of ether oxygens (including phenoxy) is 1. The van der Waals surface area contributed by atoms with E-state index in [1.165, 1.54) is 5.56 Å². The lowest BCUT2D eigenvalue weighted by molar-refractivity contribution is 0.156. The number of rotatable bonds is 2. The Balaban J connectivity index is 1.42. The van der Waals surface area contributed by atoms with Crippen LogP contribution in [0.4, 0.5) is 4.79 Å². The molecule has 0 aromatic heterocycles. The number of urea groups is 1. The second kappa shape index (κ2) is 4.66. The summed E-state index contributed by atoms with van der Waals surface area (Å²) in [7, 11) is 0. The molecule has 0 aliphatic carbocycles. The number of piperazine rings is 1. The number of carbonyl (C=O) groups excluding carboxylic acids is 1. The molecule has 0 radical (unpaired) electrons. The Bertz CT molecular complexity index is 509. The van der Waals surface area contributed by atoms with Crippen molar-refractivity contribution in [3.05, 3.63) is 29.8 Å². The smallest absolute Gasteiger partial charge is 0.320 e. The lowest BCUT2D eigenvalue weighted by Gasteiger charge is -2.28. The van der Waals surface area contributed by atoms with Crippen molar-refractivity contribution in [3.63, 3.8) is 0 Å². The van der Waals surface area contributed by atoms with Gasteiger partial charge in [0.15, 0.2) is 0 Å². The number of para-hydroxylation sites is 1. The third kappa shape index (κ3) is 1.93. The number of benzene rings is 1. The molecule has 3 heterocycles. The van der Waals surface area contributed by atoms with Gasteiger partial charge in [-0.1, -0.05) is 18.2 Å². The Morgan fingerprint density at radius 3 is 3.10 bits per heavy atom. The van der Waals surface area contributed by atoms with Gasteiger partial charge in [0, 0.05) is 32.6 Å². The van der Waals surface area contributed by atoms with Gasteiger partial charge in [0.1, 0.15) is 11.9 Å². The van der Waals surface area contributed by atoms with Crippen molar-refractivity contribution in [1.29, 1.82) is 0 Å². The van der Waals surface area contributed by atoms with Crippen molar-refractivity contribution in [1.82, 2.24) is 15.1 Å². The number of amides is 2. The first kappa shape index (κ1) is 12.0. The number of fused-ring (bicyclic) bond motifs is 2. The molecular weight excluding hydrogens is 254 g/mol. The van der Waals surface area contributed by atoms with Crippen molar-refractivity contribution in [2.45, 2.75) is 18.6 Å². The fourth-order valence-corrected chi connectivity index (χ4v) is 3.44. The molecule has 5 nitrogen and oxygen atoms in total. The molecule has 0 saturated carbocycles. The summed E-state index contributed by atoms with van der Waals surface area (Å²) in [6.07, 6.45) is 1.01. The SMILES string of the molecule is O=C1N(CC2Cc3ccccc3O2)CC2CNCCN12. The first-order valence-corrected chi connectivity index (χ1v) is 7.32. The van der Waals surface area contributed by atoms with E-state index < -0.39 is 0 Å². The quantitative estimate of drug-likeness (QED) is 0.862. The van der Waals surface area contributed by atoms with Gasteiger partial charge in [-0.05, 0) is 11.6 Å². The minimum Gasteiger partial charge on any atom is -0.488 e. The minimum absolute atomic E-state index is 0.102. The van der Waals surface area contributed by atoms with Crippen LogP contribution in [0.2, 0.25) is 0 Å². The number of hydrogen-bond acceptors (Lipinski definition) is 3. The lowest BCUT2D eigenvalue weighted by atomic mass is 10.1. The maximum absolute atomic E-state index is 12.4. The van der Waals surface area contributed by atoms with Crippen LogP contribution in [0.25, 0.3) is 0 Å². The van der Waals surface area contributed by atoms with Crippen molar-refractivity contribution < 1.29 is 9.53 Å². The summed E-state index contributed by atoms with van der Waals surface area (Å²) in [6, 6.07) is 8.66. The maximum Gasteiger partial charge on any atom is 0.320 e. The Morgan fingerprint density at radius 1 is 1.35 bits per heavy atom. The Kier molecular flexibility index (Phi) is 2.80. The van der Waals surface area contributed by atoms with Crippen LogP contribution in [0.1, 0.15) is 5.56 Å². The van der Waals surface area contributed by atoms with Gasteiger partial charge in [-0.25, -0.2) is 4.79 Å². The van der Waals surface area contributed by atoms with E-state index in [-0.39, 0.29) is 12.1 Å². The van der Waals surface area contributed by atoms with Crippen LogP contribution in [-0.2, 0) is 6.42 Å². The van der Waals surface area contributed by atoms with Crippen LogP contribution in [0.15, 0.2) is 24.3 Å². The van der Waals surface area contributed by atoms with E-state index in [0.29, 0.717) is 12.6 Å². The highest BCUT2D eigenvalue weighted by Gasteiger charge is 2.40. The van der Waals surface area contributed by atoms with Gasteiger partial charge >= 0.3 is 6.03 Å². The molecule has 2 saturated heterocycles. The van der Waals surface area contributed by atoms with E-state index >= 15 is 0 Å². The van der Waals surface area contributed by atoms with Crippen LogP contribution >= 0.6 is 0 Å². The Morgan fingerprint density at radius 2 is 2.25 bits per heavy atom. The summed E-state index contributed by atoms with van der Waals surface area (Å²) < 4.78 is 5.94. The molecule has 3 aliphatic rings. The average molecular weight is 273 g/mol. The molecule has 0 spiro atoms. The average Bonchev–Trinajstić information content (AvgIpc) is 3.01. The highest BCUT2D eigenvalue weighted by atomic mass is 16.5. The molecule has 1 N–H and O–H groups in total. The van der Waals surface area contributed by atoms with Gasteiger partial charge < -0.3 is 19.9 Å². The molecule has 1 aromatic rings. The number of nitrogens with one attached hydrogen (secondary N) is 1. The van der Waals surface area contributed by atoms with Gasteiger partial charge in [-0.2, -0.15) is 0 Å². The largest absolute Gasteiger partial charge is 0.488 e. The molecule has 20 heavy (non-hydrogen) atoms. The van der Waals surface area contributed by atoms with Crippen LogP contribution in [-0.4, -0.2) is 60.7 Å². The van der Waals surface area contributed by atoms with Gasteiger partial charge in [0.25, 0.3) is 0 Å². The summed E-state index contributed by atoms with van der Waals surface area (Å²) in [5.41, 5.74) is 1.25. The molecular formula is C15H19N3O2. The molecule has 106 valence electrons. The second-order valence-electron chi connectivity index (χ2n) is 5.79. The van der Waals surface area contributed by atoms with Crippen LogP contribution in [0.3, 0.4) is 0 Å².